The second-order valence-electron chi connectivity index (χ2n) is 5.13. The first kappa shape index (κ1) is 15.4. The third kappa shape index (κ3) is 3.98. The zero-order chi connectivity index (χ0) is 15.4. The van der Waals surface area contributed by atoms with Crippen molar-refractivity contribution >= 4 is 33.9 Å². The van der Waals surface area contributed by atoms with Crippen LogP contribution in [0.5, 0.6) is 5.88 Å². The number of aromatic amines is 1. The molecule has 1 aromatic heterocycles. The van der Waals surface area contributed by atoms with Gasteiger partial charge in [-0.05, 0) is 42.8 Å². The van der Waals surface area contributed by atoms with Crippen LogP contribution in [0.2, 0.25) is 0 Å². The van der Waals surface area contributed by atoms with Crippen molar-refractivity contribution in [1.82, 2.24) is 10.3 Å². The number of aromatic hydroxyl groups is 1. The Morgan fingerprint density at radius 2 is 2.24 bits per heavy atom. The molecule has 21 heavy (non-hydrogen) atoms. The van der Waals surface area contributed by atoms with E-state index in [4.69, 9.17) is 12.2 Å². The van der Waals surface area contributed by atoms with Crippen LogP contribution in [0.4, 0.5) is 10.1 Å². The predicted molar refractivity (Wildman–Crippen MR) is 84.5 cm³/mol. The van der Waals surface area contributed by atoms with Gasteiger partial charge in [0.1, 0.15) is 5.82 Å². The molecule has 0 saturated carbocycles. The standard InChI is InChI=1S/C14H17FN4OS/c1-8(2)5-6-16-14(21)19-18-12-10-4-3-9(15)7-11(10)17-13(12)20/h3-4,7-8,17,20H,5-6H2,1-2H3,(H,16,21). The number of azo groups is 1. The molecule has 1 heterocycles. The molecule has 0 bridgehead atoms. The Bertz CT molecular complexity index is 681. The van der Waals surface area contributed by atoms with E-state index >= 15 is 0 Å². The zero-order valence-corrected chi connectivity index (χ0v) is 12.7. The highest BCUT2D eigenvalue weighted by Gasteiger charge is 2.11. The number of fused-ring (bicyclic) bond motifs is 1. The normalized spacial score (nSPS) is 11.6. The molecule has 112 valence electrons. The second-order valence-corrected chi connectivity index (χ2v) is 5.51. The number of aromatic nitrogens is 1. The summed E-state index contributed by atoms with van der Waals surface area (Å²) in [7, 11) is 0. The minimum Gasteiger partial charge on any atom is -0.493 e. The van der Waals surface area contributed by atoms with Crippen LogP contribution in [0, 0.1) is 11.7 Å². The second kappa shape index (κ2) is 6.62. The third-order valence-corrected chi connectivity index (χ3v) is 3.18. The lowest BCUT2D eigenvalue weighted by Crippen LogP contribution is -2.21. The summed E-state index contributed by atoms with van der Waals surface area (Å²) < 4.78 is 13.1. The molecule has 0 unspecified atom stereocenters. The molecule has 0 aliphatic carbocycles. The van der Waals surface area contributed by atoms with Crippen molar-refractivity contribution < 1.29 is 9.50 Å². The van der Waals surface area contributed by atoms with Gasteiger partial charge >= 0.3 is 0 Å². The van der Waals surface area contributed by atoms with E-state index in [0.717, 1.165) is 13.0 Å². The molecular formula is C14H17FN4OS. The Kier molecular flexibility index (Phi) is 4.85. The Labute approximate surface area is 127 Å². The molecule has 0 fully saturated rings. The highest BCUT2D eigenvalue weighted by atomic mass is 32.1. The summed E-state index contributed by atoms with van der Waals surface area (Å²) in [5.74, 6) is 0.0206. The van der Waals surface area contributed by atoms with Crippen molar-refractivity contribution in [3.05, 3.63) is 24.0 Å². The number of nitrogens with zero attached hydrogens (tertiary/aromatic N) is 2. The smallest absolute Gasteiger partial charge is 0.218 e. The zero-order valence-electron chi connectivity index (χ0n) is 11.9. The van der Waals surface area contributed by atoms with Crippen molar-refractivity contribution in [3.63, 3.8) is 0 Å². The van der Waals surface area contributed by atoms with Gasteiger partial charge < -0.3 is 15.4 Å². The summed E-state index contributed by atoms with van der Waals surface area (Å²) in [6, 6.07) is 4.12. The van der Waals surface area contributed by atoms with Gasteiger partial charge in [-0.2, -0.15) is 0 Å². The Morgan fingerprint density at radius 3 is 2.95 bits per heavy atom. The van der Waals surface area contributed by atoms with Gasteiger partial charge in [-0.3, -0.25) is 0 Å². The molecule has 0 radical (unpaired) electrons. The van der Waals surface area contributed by atoms with E-state index in [-0.39, 0.29) is 16.7 Å². The largest absolute Gasteiger partial charge is 0.493 e. The number of hydrogen-bond donors (Lipinski definition) is 3. The van der Waals surface area contributed by atoms with Gasteiger partial charge in [-0.1, -0.05) is 13.8 Å². The summed E-state index contributed by atoms with van der Waals surface area (Å²) in [5, 5.41) is 21.4. The molecule has 2 aromatic rings. The Balaban J connectivity index is 2.10. The molecule has 5 nitrogen and oxygen atoms in total. The van der Waals surface area contributed by atoms with Crippen molar-refractivity contribution in [2.45, 2.75) is 20.3 Å². The van der Waals surface area contributed by atoms with Crippen molar-refractivity contribution in [1.29, 1.82) is 0 Å². The van der Waals surface area contributed by atoms with Gasteiger partial charge in [0.05, 0.1) is 5.52 Å². The minimum atomic E-state index is -0.391. The molecule has 3 N–H and O–H groups in total. The third-order valence-electron chi connectivity index (χ3n) is 2.95. The Morgan fingerprint density at radius 1 is 1.48 bits per heavy atom. The molecule has 0 spiro atoms. The molecule has 2 rings (SSSR count). The van der Waals surface area contributed by atoms with Gasteiger partial charge in [-0.15, -0.1) is 10.2 Å². The lowest BCUT2D eigenvalue weighted by atomic mass is 10.1. The maximum absolute atomic E-state index is 13.1. The molecule has 7 heteroatoms. The number of rotatable bonds is 4. The summed E-state index contributed by atoms with van der Waals surface area (Å²) >= 11 is 5.04. The van der Waals surface area contributed by atoms with E-state index in [1.165, 1.54) is 18.2 Å². The van der Waals surface area contributed by atoms with Crippen LogP contribution >= 0.6 is 12.2 Å². The average Bonchev–Trinajstić information content (AvgIpc) is 2.70. The van der Waals surface area contributed by atoms with Crippen LogP contribution in [0.3, 0.4) is 0 Å². The van der Waals surface area contributed by atoms with Gasteiger partial charge in [0.15, 0.2) is 5.69 Å². The fourth-order valence-corrected chi connectivity index (χ4v) is 1.98. The molecule has 0 saturated heterocycles. The fraction of sp³-hybridized carbons (Fsp3) is 0.357. The lowest BCUT2D eigenvalue weighted by molar-refractivity contribution is 0.459. The van der Waals surface area contributed by atoms with E-state index in [1.807, 2.05) is 0 Å². The highest BCUT2D eigenvalue weighted by molar-refractivity contribution is 7.80. The summed E-state index contributed by atoms with van der Waals surface area (Å²) in [6.07, 6.45) is 0.979. The van der Waals surface area contributed by atoms with Crippen LogP contribution in [0.15, 0.2) is 28.4 Å². The first-order valence-electron chi connectivity index (χ1n) is 6.67. The van der Waals surface area contributed by atoms with Crippen LogP contribution in [-0.2, 0) is 0 Å². The molecular weight excluding hydrogens is 291 g/mol. The summed E-state index contributed by atoms with van der Waals surface area (Å²) in [6.45, 7) is 4.96. The summed E-state index contributed by atoms with van der Waals surface area (Å²) in [4.78, 5) is 2.65. The van der Waals surface area contributed by atoms with Crippen LogP contribution in [-0.4, -0.2) is 21.7 Å². The topological polar surface area (TPSA) is 72.8 Å². The van der Waals surface area contributed by atoms with E-state index in [9.17, 15) is 9.50 Å². The summed E-state index contributed by atoms with van der Waals surface area (Å²) in [5.41, 5.74) is 0.707. The number of nitrogens with one attached hydrogen (secondary N) is 2. The maximum atomic E-state index is 13.1. The quantitative estimate of drug-likeness (QED) is 0.590. The first-order chi connectivity index (χ1) is 9.97. The van der Waals surface area contributed by atoms with Crippen molar-refractivity contribution in [2.75, 3.05) is 6.54 Å². The first-order valence-corrected chi connectivity index (χ1v) is 7.08. The molecule has 0 atom stereocenters. The van der Waals surface area contributed by atoms with E-state index in [2.05, 4.69) is 34.4 Å². The molecule has 0 aliphatic heterocycles. The number of H-pyrrole nitrogens is 1. The lowest BCUT2D eigenvalue weighted by Gasteiger charge is -2.05. The van der Waals surface area contributed by atoms with Crippen molar-refractivity contribution in [2.24, 2.45) is 16.1 Å². The number of halogens is 1. The van der Waals surface area contributed by atoms with E-state index < -0.39 is 5.82 Å². The monoisotopic (exact) mass is 308 g/mol. The number of hydrogen-bond acceptors (Lipinski definition) is 3. The SMILES string of the molecule is CC(C)CCNC(=S)N=Nc1c(O)[nH]c2cc(F)ccc12. The predicted octanol–water partition coefficient (Wildman–Crippen LogP) is 4.02. The number of thiocarbonyl (C=S) groups is 1. The van der Waals surface area contributed by atoms with Gasteiger partial charge in [0.2, 0.25) is 11.0 Å². The van der Waals surface area contributed by atoms with Crippen LogP contribution < -0.4 is 5.32 Å². The van der Waals surface area contributed by atoms with Crippen molar-refractivity contribution in [3.8, 4) is 5.88 Å². The number of benzene rings is 1. The molecule has 0 amide bonds. The van der Waals surface area contributed by atoms with E-state index in [1.54, 1.807) is 0 Å². The van der Waals surface area contributed by atoms with E-state index in [0.29, 0.717) is 16.8 Å². The van der Waals surface area contributed by atoms with Crippen LogP contribution in [0.25, 0.3) is 10.9 Å². The molecule has 1 aromatic carbocycles. The Hall–Kier alpha value is -2.02. The van der Waals surface area contributed by atoms with Gasteiger partial charge in [-0.25, -0.2) is 4.39 Å². The average molecular weight is 308 g/mol. The van der Waals surface area contributed by atoms with Gasteiger partial charge in [0, 0.05) is 11.9 Å². The highest BCUT2D eigenvalue weighted by Crippen LogP contribution is 2.35. The van der Waals surface area contributed by atoms with Gasteiger partial charge in [0.25, 0.3) is 0 Å². The fourth-order valence-electron chi connectivity index (χ4n) is 1.84. The van der Waals surface area contributed by atoms with Crippen LogP contribution in [0.1, 0.15) is 20.3 Å². The molecule has 0 aliphatic rings. The minimum absolute atomic E-state index is 0.163. The maximum Gasteiger partial charge on any atom is 0.218 e.